The van der Waals surface area contributed by atoms with Gasteiger partial charge in [0.1, 0.15) is 5.00 Å². The summed E-state index contributed by atoms with van der Waals surface area (Å²) in [6.07, 6.45) is 0.732. The zero-order chi connectivity index (χ0) is 25.6. The van der Waals surface area contributed by atoms with Gasteiger partial charge in [0.15, 0.2) is 0 Å². The van der Waals surface area contributed by atoms with Crippen molar-refractivity contribution in [2.24, 2.45) is 0 Å². The second kappa shape index (κ2) is 12.1. The zero-order valence-electron chi connectivity index (χ0n) is 20.4. The Balaban J connectivity index is 1.81. The van der Waals surface area contributed by atoms with E-state index in [1.807, 2.05) is 7.05 Å². The van der Waals surface area contributed by atoms with Crippen LogP contribution in [0, 0.1) is 0 Å². The first-order valence-electron chi connectivity index (χ1n) is 11.2. The van der Waals surface area contributed by atoms with Crippen LogP contribution in [0.25, 0.3) is 0 Å². The Morgan fingerprint density at radius 3 is 2.29 bits per heavy atom. The van der Waals surface area contributed by atoms with Gasteiger partial charge in [0, 0.05) is 57.9 Å². The SMILES string of the molecule is CNC(=O)c1c(NC(=O)c2ccc(S(=O)(=O)N(CCOC)CCOC)cc2)sc2c1CCN(C)C2. The molecule has 0 saturated carbocycles. The molecule has 3 rings (SSSR count). The van der Waals surface area contributed by atoms with Crippen molar-refractivity contribution in [3.63, 3.8) is 0 Å². The number of ether oxygens (including phenoxy) is 2. The molecule has 12 heteroatoms. The number of amides is 2. The fraction of sp³-hybridized carbons (Fsp3) is 0.478. The van der Waals surface area contributed by atoms with Crippen molar-refractivity contribution < 1.29 is 27.5 Å². The number of carbonyl (C=O) groups is 2. The molecule has 2 amide bonds. The van der Waals surface area contributed by atoms with Crippen molar-refractivity contribution in [1.29, 1.82) is 0 Å². The van der Waals surface area contributed by atoms with Crippen LogP contribution in [0.1, 0.15) is 31.2 Å². The van der Waals surface area contributed by atoms with Gasteiger partial charge in [0.2, 0.25) is 10.0 Å². The van der Waals surface area contributed by atoms with Crippen molar-refractivity contribution in [2.45, 2.75) is 17.9 Å². The lowest BCUT2D eigenvalue weighted by Gasteiger charge is -2.22. The smallest absolute Gasteiger partial charge is 0.256 e. The van der Waals surface area contributed by atoms with E-state index in [1.54, 1.807) is 7.05 Å². The monoisotopic (exact) mass is 524 g/mol. The zero-order valence-corrected chi connectivity index (χ0v) is 22.1. The molecule has 1 aliphatic rings. The van der Waals surface area contributed by atoms with Crippen molar-refractivity contribution in [3.05, 3.63) is 45.8 Å². The molecule has 0 aliphatic carbocycles. The Hall–Kier alpha value is -2.35. The molecule has 0 unspecified atom stereocenters. The molecular formula is C23H32N4O6S2. The third kappa shape index (κ3) is 6.26. The lowest BCUT2D eigenvalue weighted by molar-refractivity contribution is 0.0962. The highest BCUT2D eigenvalue weighted by Gasteiger charge is 2.28. The number of hydrogen-bond acceptors (Lipinski definition) is 8. The van der Waals surface area contributed by atoms with Crippen LogP contribution in [-0.4, -0.2) is 90.6 Å². The van der Waals surface area contributed by atoms with Gasteiger partial charge in [-0.05, 0) is 43.3 Å². The van der Waals surface area contributed by atoms with E-state index < -0.39 is 15.9 Å². The minimum absolute atomic E-state index is 0.0712. The highest BCUT2D eigenvalue weighted by molar-refractivity contribution is 7.89. The molecule has 1 aliphatic heterocycles. The molecular weight excluding hydrogens is 492 g/mol. The first kappa shape index (κ1) is 27.2. The summed E-state index contributed by atoms with van der Waals surface area (Å²) in [5.74, 6) is -0.655. The van der Waals surface area contributed by atoms with Gasteiger partial charge in [-0.15, -0.1) is 11.3 Å². The minimum atomic E-state index is -3.79. The van der Waals surface area contributed by atoms with E-state index in [0.717, 1.165) is 30.0 Å². The fourth-order valence-electron chi connectivity index (χ4n) is 3.83. The predicted octanol–water partition coefficient (Wildman–Crippen LogP) is 1.63. The van der Waals surface area contributed by atoms with Gasteiger partial charge < -0.3 is 25.0 Å². The van der Waals surface area contributed by atoms with Gasteiger partial charge in [-0.1, -0.05) is 0 Å². The Morgan fingerprint density at radius 1 is 1.09 bits per heavy atom. The van der Waals surface area contributed by atoms with E-state index in [9.17, 15) is 18.0 Å². The molecule has 2 heterocycles. The van der Waals surface area contributed by atoms with E-state index in [1.165, 1.54) is 54.1 Å². The fourth-order valence-corrected chi connectivity index (χ4v) is 6.55. The van der Waals surface area contributed by atoms with Crippen molar-refractivity contribution >= 4 is 38.2 Å². The number of likely N-dealkylation sites (N-methyl/N-ethyl adjacent to an activating group) is 1. The van der Waals surface area contributed by atoms with Gasteiger partial charge in [-0.25, -0.2) is 8.42 Å². The number of methoxy groups -OCH3 is 2. The number of hydrogen-bond donors (Lipinski definition) is 2. The summed E-state index contributed by atoms with van der Waals surface area (Å²) in [6, 6.07) is 5.75. The van der Waals surface area contributed by atoms with E-state index in [-0.39, 0.29) is 42.7 Å². The van der Waals surface area contributed by atoms with Crippen LogP contribution in [0.15, 0.2) is 29.2 Å². The lowest BCUT2D eigenvalue weighted by Crippen LogP contribution is -2.36. The van der Waals surface area contributed by atoms with Crippen LogP contribution in [0.2, 0.25) is 0 Å². The van der Waals surface area contributed by atoms with E-state index in [0.29, 0.717) is 10.6 Å². The summed E-state index contributed by atoms with van der Waals surface area (Å²) in [7, 11) is 2.80. The van der Waals surface area contributed by atoms with Crippen LogP contribution >= 0.6 is 11.3 Å². The van der Waals surface area contributed by atoms with Gasteiger partial charge in [0.05, 0.1) is 23.7 Å². The third-order valence-electron chi connectivity index (χ3n) is 5.77. The van der Waals surface area contributed by atoms with Crippen LogP contribution in [0.5, 0.6) is 0 Å². The number of nitrogens with one attached hydrogen (secondary N) is 2. The number of sulfonamides is 1. The first-order valence-corrected chi connectivity index (χ1v) is 13.4. The molecule has 1 aromatic heterocycles. The molecule has 0 bridgehead atoms. The molecule has 35 heavy (non-hydrogen) atoms. The van der Waals surface area contributed by atoms with Gasteiger partial charge >= 0.3 is 0 Å². The quantitative estimate of drug-likeness (QED) is 0.459. The summed E-state index contributed by atoms with van der Waals surface area (Å²) in [6.45, 7) is 2.42. The predicted molar refractivity (Wildman–Crippen MR) is 135 cm³/mol. The molecule has 0 saturated heterocycles. The maximum Gasteiger partial charge on any atom is 0.256 e. The topological polar surface area (TPSA) is 117 Å². The number of rotatable bonds is 11. The molecule has 192 valence electrons. The summed E-state index contributed by atoms with van der Waals surface area (Å²) in [5, 5.41) is 6.01. The number of nitrogens with zero attached hydrogens (tertiary/aromatic N) is 2. The molecule has 0 fully saturated rings. The van der Waals surface area contributed by atoms with Crippen LogP contribution in [0.4, 0.5) is 5.00 Å². The number of benzene rings is 1. The highest BCUT2D eigenvalue weighted by Crippen LogP contribution is 2.37. The summed E-state index contributed by atoms with van der Waals surface area (Å²) >= 11 is 1.40. The standard InChI is InChI=1S/C23H32N4O6S2/c1-24-22(29)20-18-9-10-26(2)15-19(18)34-23(20)25-21(28)16-5-7-17(8-6-16)35(30,31)27(11-13-32-3)12-14-33-4/h5-8H,9-15H2,1-4H3,(H,24,29)(H,25,28). The number of carbonyl (C=O) groups excluding carboxylic acids is 2. The van der Waals surface area contributed by atoms with Gasteiger partial charge in [-0.3, -0.25) is 9.59 Å². The number of anilines is 1. The largest absolute Gasteiger partial charge is 0.383 e. The lowest BCUT2D eigenvalue weighted by atomic mass is 10.0. The van der Waals surface area contributed by atoms with Crippen LogP contribution in [-0.2, 0) is 32.5 Å². The average molecular weight is 525 g/mol. The molecule has 2 N–H and O–H groups in total. The second-order valence-corrected chi connectivity index (χ2v) is 11.2. The number of thiophene rings is 1. The van der Waals surface area contributed by atoms with Crippen LogP contribution < -0.4 is 10.6 Å². The maximum absolute atomic E-state index is 13.1. The maximum atomic E-state index is 13.1. The van der Waals surface area contributed by atoms with E-state index in [2.05, 4.69) is 15.5 Å². The molecule has 2 aromatic rings. The van der Waals surface area contributed by atoms with Gasteiger partial charge in [-0.2, -0.15) is 4.31 Å². The summed E-state index contributed by atoms with van der Waals surface area (Å²) < 4.78 is 37.5. The minimum Gasteiger partial charge on any atom is -0.383 e. The second-order valence-electron chi connectivity index (χ2n) is 8.14. The van der Waals surface area contributed by atoms with Crippen molar-refractivity contribution in [3.8, 4) is 0 Å². The van der Waals surface area contributed by atoms with E-state index in [4.69, 9.17) is 9.47 Å². The van der Waals surface area contributed by atoms with Crippen molar-refractivity contribution in [1.82, 2.24) is 14.5 Å². The summed E-state index contributed by atoms with van der Waals surface area (Å²) in [4.78, 5) is 28.9. The van der Waals surface area contributed by atoms with Crippen LogP contribution in [0.3, 0.4) is 0 Å². The highest BCUT2D eigenvalue weighted by atomic mass is 32.2. The Labute approximate surface area is 210 Å². The molecule has 0 radical (unpaired) electrons. The summed E-state index contributed by atoms with van der Waals surface area (Å²) in [5.41, 5.74) is 1.76. The normalized spacial score (nSPS) is 14.1. The Bertz CT molecular complexity index is 1140. The first-order chi connectivity index (χ1) is 16.7. The average Bonchev–Trinajstić information content (AvgIpc) is 3.20. The Kier molecular flexibility index (Phi) is 9.39. The molecule has 10 nitrogen and oxygen atoms in total. The third-order valence-corrected chi connectivity index (χ3v) is 8.82. The van der Waals surface area contributed by atoms with Gasteiger partial charge in [0.25, 0.3) is 11.8 Å². The molecule has 0 atom stereocenters. The number of fused-ring (bicyclic) bond motifs is 1. The molecule has 1 aromatic carbocycles. The van der Waals surface area contributed by atoms with E-state index >= 15 is 0 Å². The Morgan fingerprint density at radius 2 is 1.71 bits per heavy atom. The van der Waals surface area contributed by atoms with Crippen molar-refractivity contribution in [2.75, 3.05) is 66.5 Å². The molecule has 0 spiro atoms.